The number of cyclic esters (lactones) is 2. The average molecular weight is 472 g/mol. The van der Waals surface area contributed by atoms with Crippen molar-refractivity contribution >= 4 is 17.8 Å². The first-order valence-electron chi connectivity index (χ1n) is 11.3. The second-order valence-electron chi connectivity index (χ2n) is 8.14. The van der Waals surface area contributed by atoms with Crippen molar-refractivity contribution in [2.75, 3.05) is 13.6 Å². The predicted octanol–water partition coefficient (Wildman–Crippen LogP) is 3.90. The standard InChI is InChI=1S/C6H10O2.C5H9NO2.C5H7NO2.C5H9NO.C2H6/c1-4-3-5(2)8-6(4)7;1-4-3-6(2)5(7)8-4;1-4-3-6(2)8-5(4)7;1-4-3-5(2)7-6-4;1-2/h4-5H,3H2,1-2H3;4H,3H2,1-2H3;3H,1-2H3;5H,3H2,1-2H3;1-2H3. The summed E-state index contributed by atoms with van der Waals surface area (Å²) >= 11 is 0. The van der Waals surface area contributed by atoms with Crippen molar-refractivity contribution in [1.82, 2.24) is 9.64 Å². The molecule has 0 N–H and O–H groups in total. The van der Waals surface area contributed by atoms with E-state index in [1.165, 1.54) is 4.74 Å². The number of ether oxygens (including phenoxy) is 2. The van der Waals surface area contributed by atoms with Crippen LogP contribution in [0.3, 0.4) is 0 Å². The highest BCUT2D eigenvalue weighted by Crippen LogP contribution is 2.19. The lowest BCUT2D eigenvalue weighted by Gasteiger charge is -1.99. The van der Waals surface area contributed by atoms with E-state index in [-0.39, 0.29) is 35.8 Å². The molecule has 0 spiro atoms. The summed E-state index contributed by atoms with van der Waals surface area (Å²) < 4.78 is 15.6. The van der Waals surface area contributed by atoms with Crippen LogP contribution < -0.4 is 5.63 Å². The smallest absolute Gasteiger partial charge is 0.409 e. The molecule has 4 atom stereocenters. The minimum atomic E-state index is -0.257. The third-order valence-corrected chi connectivity index (χ3v) is 4.45. The molecule has 0 radical (unpaired) electrons. The average Bonchev–Trinajstić information content (AvgIpc) is 3.42. The van der Waals surface area contributed by atoms with Gasteiger partial charge in [0.15, 0.2) is 0 Å². The Labute approximate surface area is 196 Å². The van der Waals surface area contributed by atoms with Crippen molar-refractivity contribution in [3.63, 3.8) is 0 Å². The molecule has 0 bridgehead atoms. The van der Waals surface area contributed by atoms with Crippen molar-refractivity contribution in [2.45, 2.75) is 86.5 Å². The van der Waals surface area contributed by atoms with Gasteiger partial charge in [0.05, 0.1) is 29.8 Å². The number of aromatic nitrogens is 1. The third-order valence-electron chi connectivity index (χ3n) is 4.45. The van der Waals surface area contributed by atoms with Gasteiger partial charge in [0.2, 0.25) is 0 Å². The van der Waals surface area contributed by atoms with E-state index in [1.807, 2.05) is 48.5 Å². The van der Waals surface area contributed by atoms with Crippen LogP contribution in [0.1, 0.15) is 66.9 Å². The Morgan fingerprint density at radius 2 is 1.55 bits per heavy atom. The number of esters is 1. The molecule has 10 heteroatoms. The summed E-state index contributed by atoms with van der Waals surface area (Å²) in [4.78, 5) is 37.9. The first kappa shape index (κ1) is 30.2. The first-order chi connectivity index (χ1) is 15.4. The largest absolute Gasteiger partial charge is 0.462 e. The van der Waals surface area contributed by atoms with E-state index in [2.05, 4.69) is 9.68 Å². The van der Waals surface area contributed by atoms with Gasteiger partial charge in [0.1, 0.15) is 12.2 Å². The number of nitrogens with zero attached hydrogens (tertiary/aromatic N) is 3. The number of oxime groups is 1. The summed E-state index contributed by atoms with van der Waals surface area (Å²) in [6, 6.07) is 0. The molecule has 4 unspecified atom stereocenters. The molecule has 0 saturated carbocycles. The van der Waals surface area contributed by atoms with Crippen LogP contribution in [0.4, 0.5) is 4.79 Å². The second kappa shape index (κ2) is 15.1. The predicted molar refractivity (Wildman–Crippen MR) is 126 cm³/mol. The summed E-state index contributed by atoms with van der Waals surface area (Å²) in [7, 11) is 3.40. The fourth-order valence-electron chi connectivity index (χ4n) is 2.94. The summed E-state index contributed by atoms with van der Waals surface area (Å²) in [6.07, 6.45) is 3.86. The molecule has 0 aliphatic carbocycles. The fraction of sp³-hybridized carbons (Fsp3) is 0.739. The van der Waals surface area contributed by atoms with Crippen LogP contribution in [0.15, 0.2) is 20.7 Å². The highest BCUT2D eigenvalue weighted by atomic mass is 16.6. The van der Waals surface area contributed by atoms with Gasteiger partial charge in [-0.2, -0.15) is 0 Å². The number of amides is 1. The van der Waals surface area contributed by atoms with Gasteiger partial charge in [-0.3, -0.25) is 4.79 Å². The monoisotopic (exact) mass is 471 g/mol. The molecule has 3 aliphatic heterocycles. The molecule has 2 saturated heterocycles. The lowest BCUT2D eigenvalue weighted by Crippen LogP contribution is -2.18. The van der Waals surface area contributed by atoms with Crippen molar-refractivity contribution in [3.05, 3.63) is 22.2 Å². The Bertz CT molecular complexity index is 787. The van der Waals surface area contributed by atoms with Crippen molar-refractivity contribution in [2.24, 2.45) is 18.1 Å². The zero-order valence-corrected chi connectivity index (χ0v) is 21.7. The number of aryl methyl sites for hydroxylation is 2. The number of rotatable bonds is 0. The van der Waals surface area contributed by atoms with Crippen molar-refractivity contribution < 1.29 is 28.4 Å². The third kappa shape index (κ3) is 12.1. The number of carbonyl (C=O) groups is 2. The topological polar surface area (TPSA) is 113 Å². The van der Waals surface area contributed by atoms with Gasteiger partial charge in [0.25, 0.3) is 0 Å². The SMILES string of the molecule is CC.CC1=NOC(C)C1.CC1CC(C)C(=O)O1.CC1CN(C)C(=O)O1.Cc1cn(C)oc1=O. The Hall–Kier alpha value is -2.78. The van der Waals surface area contributed by atoms with E-state index in [1.54, 1.807) is 32.1 Å². The molecule has 33 heavy (non-hydrogen) atoms. The summed E-state index contributed by atoms with van der Waals surface area (Å²) in [5.41, 5.74) is 1.49. The minimum absolute atomic E-state index is 0.0440. The molecule has 2 fully saturated rings. The zero-order chi connectivity index (χ0) is 25.7. The summed E-state index contributed by atoms with van der Waals surface area (Å²) in [5, 5.41) is 3.73. The zero-order valence-electron chi connectivity index (χ0n) is 21.7. The molecule has 1 aromatic rings. The fourth-order valence-corrected chi connectivity index (χ4v) is 2.94. The van der Waals surface area contributed by atoms with Crippen LogP contribution in [0.2, 0.25) is 0 Å². The van der Waals surface area contributed by atoms with Gasteiger partial charge >= 0.3 is 17.7 Å². The first-order valence-corrected chi connectivity index (χ1v) is 11.3. The Morgan fingerprint density at radius 3 is 1.67 bits per heavy atom. The van der Waals surface area contributed by atoms with Crippen LogP contribution >= 0.6 is 0 Å². The number of hydrogen-bond donors (Lipinski definition) is 0. The van der Waals surface area contributed by atoms with Crippen LogP contribution in [0.25, 0.3) is 0 Å². The maximum absolute atomic E-state index is 10.6. The molecule has 1 aromatic heterocycles. The molecule has 10 nitrogen and oxygen atoms in total. The molecular weight excluding hydrogens is 430 g/mol. The Balaban J connectivity index is 0.000000404. The van der Waals surface area contributed by atoms with Gasteiger partial charge in [0, 0.05) is 26.7 Å². The maximum atomic E-state index is 10.6. The number of carbonyl (C=O) groups excluding carboxylic acids is 2. The molecule has 190 valence electrons. The summed E-state index contributed by atoms with van der Waals surface area (Å²) in [6.45, 7) is 16.1. The molecular formula is C23H41N3O7. The van der Waals surface area contributed by atoms with Crippen molar-refractivity contribution in [3.8, 4) is 0 Å². The lowest BCUT2D eigenvalue weighted by atomic mass is 10.1. The normalized spacial score (nSPS) is 24.8. The molecule has 3 aliphatic rings. The van der Waals surface area contributed by atoms with Crippen LogP contribution in [-0.2, 0) is 26.2 Å². The van der Waals surface area contributed by atoms with E-state index in [4.69, 9.17) is 14.3 Å². The lowest BCUT2D eigenvalue weighted by molar-refractivity contribution is -0.143. The van der Waals surface area contributed by atoms with Crippen LogP contribution in [0, 0.1) is 12.8 Å². The number of hydrogen-bond acceptors (Lipinski definition) is 8. The highest BCUT2D eigenvalue weighted by molar-refractivity contribution is 5.82. The highest BCUT2D eigenvalue weighted by Gasteiger charge is 2.27. The van der Waals surface area contributed by atoms with Gasteiger partial charge in [-0.15, -0.1) is 0 Å². The maximum Gasteiger partial charge on any atom is 0.409 e. The van der Waals surface area contributed by atoms with E-state index in [0.717, 1.165) is 25.1 Å². The van der Waals surface area contributed by atoms with Gasteiger partial charge < -0.3 is 23.7 Å². The number of likely N-dealkylation sites (N-methyl/N-ethyl adjacent to an activating group) is 1. The van der Waals surface area contributed by atoms with Crippen molar-refractivity contribution in [1.29, 1.82) is 0 Å². The Morgan fingerprint density at radius 1 is 0.939 bits per heavy atom. The van der Waals surface area contributed by atoms with E-state index < -0.39 is 0 Å². The van der Waals surface area contributed by atoms with E-state index in [0.29, 0.717) is 11.7 Å². The van der Waals surface area contributed by atoms with E-state index in [9.17, 15) is 14.4 Å². The summed E-state index contributed by atoms with van der Waals surface area (Å²) in [5.74, 6) is 0.0856. The minimum Gasteiger partial charge on any atom is -0.462 e. The van der Waals surface area contributed by atoms with Crippen LogP contribution in [-0.4, -0.2) is 59.3 Å². The molecule has 0 aromatic carbocycles. The van der Waals surface area contributed by atoms with Gasteiger partial charge in [-0.05, 0) is 41.0 Å². The van der Waals surface area contributed by atoms with Gasteiger partial charge in [-0.25, -0.2) is 14.3 Å². The molecule has 1 amide bonds. The van der Waals surface area contributed by atoms with E-state index >= 15 is 0 Å². The van der Waals surface area contributed by atoms with Crippen LogP contribution in [0.5, 0.6) is 0 Å². The second-order valence-corrected chi connectivity index (χ2v) is 8.14. The van der Waals surface area contributed by atoms with Gasteiger partial charge in [-0.1, -0.05) is 25.9 Å². The quantitative estimate of drug-likeness (QED) is 0.527. The Kier molecular flexibility index (Phi) is 13.9. The molecule has 4 rings (SSSR count). The molecule has 4 heterocycles.